The van der Waals surface area contributed by atoms with Crippen molar-refractivity contribution in [1.29, 1.82) is 0 Å². The zero-order valence-corrected chi connectivity index (χ0v) is 20.7. The number of hydrogen-bond donors (Lipinski definition) is 3. The molecule has 11 nitrogen and oxygen atoms in total. The van der Waals surface area contributed by atoms with Gasteiger partial charge in [-0.15, -0.1) is 11.3 Å². The summed E-state index contributed by atoms with van der Waals surface area (Å²) in [5.74, 6) is 0.167. The standard InChI is InChI=1S/C26H21N7O4S/c27-21-9-20-15(10-28-21)8-16(38-20)11-30-23(34)18-6-7-22-29-12-17(26(36)33(18)22)32-24(35)25-31-13-19(37-25)14-4-2-1-3-5-14/h1-5,8-10,12-13,18H,6-7,11H2,(H2,27,28)(H,30,34)(H,32,35)/t18-/m0/s1. The van der Waals surface area contributed by atoms with Crippen LogP contribution >= 0.6 is 11.3 Å². The van der Waals surface area contributed by atoms with Gasteiger partial charge in [0.2, 0.25) is 5.91 Å². The van der Waals surface area contributed by atoms with E-state index in [-0.39, 0.29) is 17.5 Å². The molecule has 12 heteroatoms. The second kappa shape index (κ2) is 9.56. The Kier molecular flexibility index (Phi) is 5.92. The molecule has 38 heavy (non-hydrogen) atoms. The van der Waals surface area contributed by atoms with Crippen LogP contribution < -0.4 is 21.9 Å². The number of nitrogen functional groups attached to an aromatic ring is 1. The van der Waals surface area contributed by atoms with Crippen molar-refractivity contribution >= 4 is 44.7 Å². The van der Waals surface area contributed by atoms with Crippen LogP contribution in [0.4, 0.5) is 11.5 Å². The van der Waals surface area contributed by atoms with Gasteiger partial charge in [0.1, 0.15) is 23.4 Å². The lowest BCUT2D eigenvalue weighted by Crippen LogP contribution is -2.36. The molecule has 5 heterocycles. The van der Waals surface area contributed by atoms with Gasteiger partial charge in [-0.25, -0.2) is 15.0 Å². The number of aryl methyl sites for hydroxylation is 1. The van der Waals surface area contributed by atoms with E-state index in [9.17, 15) is 14.4 Å². The van der Waals surface area contributed by atoms with E-state index in [1.807, 2.05) is 36.4 Å². The first-order valence-corrected chi connectivity index (χ1v) is 12.6. The van der Waals surface area contributed by atoms with Crippen LogP contribution in [0.15, 0.2) is 70.3 Å². The Hall–Kier alpha value is -4.84. The molecule has 0 spiro atoms. The zero-order chi connectivity index (χ0) is 26.2. The minimum atomic E-state index is -0.736. The molecule has 0 bridgehead atoms. The highest BCUT2D eigenvalue weighted by Crippen LogP contribution is 2.27. The fourth-order valence-corrected chi connectivity index (χ4v) is 5.43. The molecule has 0 aliphatic carbocycles. The van der Waals surface area contributed by atoms with Crippen LogP contribution in [0.3, 0.4) is 0 Å². The summed E-state index contributed by atoms with van der Waals surface area (Å²) in [7, 11) is 0. The number of amides is 2. The van der Waals surface area contributed by atoms with Crippen molar-refractivity contribution in [2.75, 3.05) is 11.1 Å². The molecule has 4 N–H and O–H groups in total. The number of pyridine rings is 1. The fourth-order valence-electron chi connectivity index (χ4n) is 4.41. The largest absolute Gasteiger partial charge is 0.432 e. The average molecular weight is 528 g/mol. The number of thiophene rings is 1. The van der Waals surface area contributed by atoms with E-state index in [0.717, 1.165) is 20.5 Å². The zero-order valence-electron chi connectivity index (χ0n) is 19.9. The minimum absolute atomic E-state index is 0.0625. The first kappa shape index (κ1) is 23.6. The molecule has 0 unspecified atom stereocenters. The van der Waals surface area contributed by atoms with E-state index >= 15 is 0 Å². The second-order valence-electron chi connectivity index (χ2n) is 8.75. The molecule has 1 aliphatic heterocycles. The molecule has 5 aromatic rings. The lowest BCUT2D eigenvalue weighted by atomic mass is 10.2. The molecule has 6 rings (SSSR count). The number of nitrogens with zero attached hydrogens (tertiary/aromatic N) is 4. The number of nitrogens with two attached hydrogens (primary N) is 1. The van der Waals surface area contributed by atoms with Crippen LogP contribution in [0.25, 0.3) is 21.4 Å². The van der Waals surface area contributed by atoms with Crippen molar-refractivity contribution in [3.05, 3.63) is 88.0 Å². The number of hydrogen-bond acceptors (Lipinski definition) is 9. The van der Waals surface area contributed by atoms with Crippen LogP contribution in [-0.2, 0) is 17.8 Å². The maximum absolute atomic E-state index is 13.3. The summed E-state index contributed by atoms with van der Waals surface area (Å²) in [6, 6.07) is 12.2. The number of fused-ring (bicyclic) bond motifs is 2. The number of aromatic nitrogens is 4. The van der Waals surface area contributed by atoms with E-state index in [0.29, 0.717) is 36.8 Å². The lowest BCUT2D eigenvalue weighted by molar-refractivity contribution is -0.124. The molecular formula is C26H21N7O4S. The van der Waals surface area contributed by atoms with Crippen molar-refractivity contribution in [3.63, 3.8) is 0 Å². The predicted octanol–water partition coefficient (Wildman–Crippen LogP) is 3.15. The lowest BCUT2D eigenvalue weighted by Gasteiger charge is -2.15. The molecule has 0 saturated heterocycles. The van der Waals surface area contributed by atoms with Gasteiger partial charge in [-0.3, -0.25) is 19.0 Å². The number of carbonyl (C=O) groups excluding carboxylic acids is 2. The Morgan fingerprint density at radius 1 is 1.11 bits per heavy atom. The summed E-state index contributed by atoms with van der Waals surface area (Å²) in [6.45, 7) is 0.302. The number of rotatable bonds is 6. The molecule has 0 saturated carbocycles. The smallest absolute Gasteiger partial charge is 0.311 e. The normalized spacial score (nSPS) is 14.4. The van der Waals surface area contributed by atoms with E-state index < -0.39 is 17.5 Å². The first-order chi connectivity index (χ1) is 18.5. The maximum Gasteiger partial charge on any atom is 0.311 e. The van der Waals surface area contributed by atoms with Crippen molar-refractivity contribution in [2.45, 2.75) is 25.4 Å². The monoisotopic (exact) mass is 527 g/mol. The molecular weight excluding hydrogens is 506 g/mol. The molecule has 2 amide bonds. The highest BCUT2D eigenvalue weighted by atomic mass is 32.1. The van der Waals surface area contributed by atoms with E-state index in [1.165, 1.54) is 28.3 Å². The number of oxazole rings is 1. The summed E-state index contributed by atoms with van der Waals surface area (Å²) in [4.78, 5) is 52.4. The van der Waals surface area contributed by atoms with Crippen LogP contribution in [-0.4, -0.2) is 31.3 Å². The van der Waals surface area contributed by atoms with Crippen LogP contribution in [0.2, 0.25) is 0 Å². The van der Waals surface area contributed by atoms with Gasteiger partial charge in [-0.05, 0) is 18.6 Å². The SMILES string of the molecule is Nc1cc2sc(CNC(=O)[C@@H]3CCc4ncc(NC(=O)c5ncc(-c6ccccc6)o5)c(=O)n43)cc2cn1. The molecule has 1 aromatic carbocycles. The third kappa shape index (κ3) is 4.41. The number of nitrogens with one attached hydrogen (secondary N) is 2. The number of anilines is 2. The van der Waals surface area contributed by atoms with Gasteiger partial charge in [0, 0.05) is 33.1 Å². The fraction of sp³-hybridized carbons (Fsp3) is 0.154. The minimum Gasteiger partial charge on any atom is -0.432 e. The van der Waals surface area contributed by atoms with Crippen molar-refractivity contribution < 1.29 is 14.0 Å². The highest BCUT2D eigenvalue weighted by Gasteiger charge is 2.31. The van der Waals surface area contributed by atoms with Gasteiger partial charge in [-0.2, -0.15) is 0 Å². The van der Waals surface area contributed by atoms with E-state index in [4.69, 9.17) is 10.2 Å². The third-order valence-corrected chi connectivity index (χ3v) is 7.34. The van der Waals surface area contributed by atoms with Gasteiger partial charge in [0.25, 0.3) is 11.4 Å². The Labute approximate surface area is 219 Å². The topological polar surface area (TPSA) is 158 Å². The van der Waals surface area contributed by atoms with Gasteiger partial charge in [0.05, 0.1) is 18.9 Å². The average Bonchev–Trinajstić information content (AvgIpc) is 3.67. The molecule has 1 atom stereocenters. The maximum atomic E-state index is 13.3. The first-order valence-electron chi connectivity index (χ1n) is 11.8. The van der Waals surface area contributed by atoms with E-state index in [2.05, 4.69) is 25.6 Å². The summed E-state index contributed by atoms with van der Waals surface area (Å²) in [6.07, 6.45) is 5.33. The van der Waals surface area contributed by atoms with Gasteiger partial charge >= 0.3 is 5.91 Å². The Morgan fingerprint density at radius 3 is 2.79 bits per heavy atom. The van der Waals surface area contributed by atoms with Gasteiger partial charge < -0.3 is 20.8 Å². The quantitative estimate of drug-likeness (QED) is 0.304. The van der Waals surface area contributed by atoms with E-state index in [1.54, 1.807) is 12.3 Å². The molecule has 4 aromatic heterocycles. The highest BCUT2D eigenvalue weighted by molar-refractivity contribution is 7.19. The predicted molar refractivity (Wildman–Crippen MR) is 142 cm³/mol. The number of benzene rings is 1. The van der Waals surface area contributed by atoms with Gasteiger partial charge in [0.15, 0.2) is 5.76 Å². The summed E-state index contributed by atoms with van der Waals surface area (Å²) < 4.78 is 7.89. The summed E-state index contributed by atoms with van der Waals surface area (Å²) in [5, 5.41) is 6.38. The van der Waals surface area contributed by atoms with Crippen molar-refractivity contribution in [3.8, 4) is 11.3 Å². The molecule has 1 aliphatic rings. The summed E-state index contributed by atoms with van der Waals surface area (Å²) >= 11 is 1.51. The molecule has 0 fully saturated rings. The molecule has 0 radical (unpaired) electrons. The van der Waals surface area contributed by atoms with Crippen LogP contribution in [0.1, 0.15) is 33.8 Å². The van der Waals surface area contributed by atoms with Crippen molar-refractivity contribution in [1.82, 2.24) is 24.8 Å². The Bertz CT molecular complexity index is 1740. The van der Waals surface area contributed by atoms with Crippen LogP contribution in [0, 0.1) is 0 Å². The Morgan fingerprint density at radius 2 is 1.95 bits per heavy atom. The van der Waals surface area contributed by atoms with Crippen molar-refractivity contribution in [2.24, 2.45) is 0 Å². The molecule has 190 valence electrons. The third-order valence-electron chi connectivity index (χ3n) is 6.24. The summed E-state index contributed by atoms with van der Waals surface area (Å²) in [5.41, 5.74) is 5.94. The Balaban J connectivity index is 1.17. The van der Waals surface area contributed by atoms with Gasteiger partial charge in [-0.1, -0.05) is 30.3 Å². The number of carbonyl (C=O) groups is 2. The second-order valence-corrected chi connectivity index (χ2v) is 9.91. The van der Waals surface area contributed by atoms with Crippen LogP contribution in [0.5, 0.6) is 0 Å².